The van der Waals surface area contributed by atoms with Gasteiger partial charge >= 0.3 is 0 Å². The smallest absolute Gasteiger partial charge is 0.160 e. The molecule has 20 heavy (non-hydrogen) atoms. The fraction of sp³-hybridized carbons (Fsp3) is 0.118. The van der Waals surface area contributed by atoms with Gasteiger partial charge in [-0.25, -0.2) is 0 Å². The molecule has 0 radical (unpaired) electrons. The molecule has 0 unspecified atom stereocenters. The van der Waals surface area contributed by atoms with Crippen LogP contribution in [0.15, 0.2) is 36.4 Å². The summed E-state index contributed by atoms with van der Waals surface area (Å²) in [5.74, 6) is 1.73. The van der Waals surface area contributed by atoms with Crippen LogP contribution in [0.25, 0.3) is 6.08 Å². The lowest BCUT2D eigenvalue weighted by atomic mass is 9.89. The number of benzene rings is 2. The Hall–Kier alpha value is -2.55. The second-order valence-electron chi connectivity index (χ2n) is 5.13. The van der Waals surface area contributed by atoms with Crippen molar-refractivity contribution in [1.29, 1.82) is 0 Å². The van der Waals surface area contributed by atoms with E-state index in [0.29, 0.717) is 17.7 Å². The van der Waals surface area contributed by atoms with E-state index in [1.807, 2.05) is 30.3 Å². The second-order valence-corrected chi connectivity index (χ2v) is 5.13. The maximum absolute atomic E-state index is 11.5. The summed E-state index contributed by atoms with van der Waals surface area (Å²) < 4.78 is 5.87. The number of allylic oxidation sites excluding steroid dienone is 1. The number of hydrogen-bond acceptors (Lipinski definition) is 3. The van der Waals surface area contributed by atoms with Gasteiger partial charge in [-0.15, -0.1) is 0 Å². The predicted octanol–water partition coefficient (Wildman–Crippen LogP) is 3.23. The highest BCUT2D eigenvalue weighted by molar-refractivity contribution is 5.99. The largest absolute Gasteiger partial charge is 0.507 e. The lowest BCUT2D eigenvalue weighted by Crippen LogP contribution is -2.10. The Bertz CT molecular complexity index is 772. The summed E-state index contributed by atoms with van der Waals surface area (Å²) in [6.07, 6.45) is 4.17. The van der Waals surface area contributed by atoms with Crippen molar-refractivity contribution in [1.82, 2.24) is 0 Å². The third-order valence-corrected chi connectivity index (χ3v) is 3.86. The lowest BCUT2D eigenvalue weighted by Gasteiger charge is -2.24. The number of para-hydroxylation sites is 1. The summed E-state index contributed by atoms with van der Waals surface area (Å²) in [6, 6.07) is 9.70. The van der Waals surface area contributed by atoms with Crippen LogP contribution >= 0.6 is 0 Å². The molecule has 0 fully saturated rings. The van der Waals surface area contributed by atoms with Crippen molar-refractivity contribution >= 4 is 11.9 Å². The highest BCUT2D eigenvalue weighted by atomic mass is 16.5. The van der Waals surface area contributed by atoms with Gasteiger partial charge in [0.05, 0.1) is 0 Å². The molecule has 0 aromatic heterocycles. The quantitative estimate of drug-likeness (QED) is 0.678. The second kappa shape index (κ2) is 3.97. The third kappa shape index (κ3) is 1.56. The first-order valence-corrected chi connectivity index (χ1v) is 6.57. The monoisotopic (exact) mass is 264 g/mol. The van der Waals surface area contributed by atoms with Crippen LogP contribution in [0.3, 0.4) is 0 Å². The van der Waals surface area contributed by atoms with Crippen LogP contribution in [0.4, 0.5) is 0 Å². The van der Waals surface area contributed by atoms with Crippen molar-refractivity contribution in [2.24, 2.45) is 0 Å². The lowest BCUT2D eigenvalue weighted by molar-refractivity contribution is -0.114. The van der Waals surface area contributed by atoms with Gasteiger partial charge in [-0.05, 0) is 29.3 Å². The van der Waals surface area contributed by atoms with Crippen molar-refractivity contribution < 1.29 is 14.6 Å². The van der Waals surface area contributed by atoms with Crippen molar-refractivity contribution in [3.63, 3.8) is 0 Å². The first-order chi connectivity index (χ1) is 9.72. The molecule has 0 atom stereocenters. The summed E-state index contributed by atoms with van der Waals surface area (Å²) in [5.41, 5.74) is 3.39. The Balaban J connectivity index is 1.90. The zero-order valence-electron chi connectivity index (χ0n) is 10.7. The molecule has 3 nitrogen and oxygen atoms in total. The van der Waals surface area contributed by atoms with Crippen molar-refractivity contribution in [3.05, 3.63) is 58.7 Å². The van der Waals surface area contributed by atoms with E-state index in [-0.39, 0.29) is 18.0 Å². The van der Waals surface area contributed by atoms with E-state index in [1.54, 1.807) is 12.2 Å². The Kier molecular flexibility index (Phi) is 2.24. The van der Waals surface area contributed by atoms with Gasteiger partial charge in [-0.3, -0.25) is 4.79 Å². The average Bonchev–Trinajstić information content (AvgIpc) is 2.47. The van der Waals surface area contributed by atoms with Crippen LogP contribution in [-0.2, 0) is 17.6 Å². The van der Waals surface area contributed by atoms with Gasteiger partial charge in [-0.1, -0.05) is 24.3 Å². The van der Waals surface area contributed by atoms with Crippen LogP contribution in [0, 0.1) is 0 Å². The number of phenolic OH excluding ortho intramolecular Hbond substituents is 1. The van der Waals surface area contributed by atoms with Gasteiger partial charge in [0.1, 0.15) is 17.2 Å². The molecule has 1 aliphatic heterocycles. The minimum Gasteiger partial charge on any atom is -0.507 e. The molecule has 2 aromatic carbocycles. The average molecular weight is 264 g/mol. The molecule has 98 valence electrons. The molecule has 0 saturated heterocycles. The summed E-state index contributed by atoms with van der Waals surface area (Å²) in [5, 5.41) is 10.5. The molecular weight excluding hydrogens is 252 g/mol. The molecule has 3 heteroatoms. The minimum atomic E-state index is 0.0184. The van der Waals surface area contributed by atoms with E-state index in [1.165, 1.54) is 0 Å². The molecule has 1 heterocycles. The standard InChI is InChI=1S/C17H12O3/c18-12-6-5-10-8-16-14(17(19)13(10)9-12)7-11-3-1-2-4-15(11)20-16/h1-6,8,19H,7,9H2. The zero-order valence-corrected chi connectivity index (χ0v) is 10.7. The van der Waals surface area contributed by atoms with E-state index >= 15 is 0 Å². The van der Waals surface area contributed by atoms with E-state index in [0.717, 1.165) is 22.4 Å². The first kappa shape index (κ1) is 11.3. The number of carbonyl (C=O) groups excluding carboxylic acids is 1. The van der Waals surface area contributed by atoms with Crippen LogP contribution in [0.1, 0.15) is 22.3 Å². The van der Waals surface area contributed by atoms with E-state index in [2.05, 4.69) is 0 Å². The zero-order chi connectivity index (χ0) is 13.7. The summed E-state index contributed by atoms with van der Waals surface area (Å²) in [6.45, 7) is 0. The molecule has 1 aliphatic carbocycles. The number of carbonyl (C=O) groups is 1. The minimum absolute atomic E-state index is 0.0184. The summed E-state index contributed by atoms with van der Waals surface area (Å²) in [7, 11) is 0. The number of ketones is 1. The molecule has 4 rings (SSSR count). The van der Waals surface area contributed by atoms with E-state index in [4.69, 9.17) is 4.74 Å². The first-order valence-electron chi connectivity index (χ1n) is 6.57. The molecule has 0 bridgehead atoms. The van der Waals surface area contributed by atoms with Gasteiger partial charge in [-0.2, -0.15) is 0 Å². The number of fused-ring (bicyclic) bond motifs is 3. The van der Waals surface area contributed by atoms with Gasteiger partial charge in [0.15, 0.2) is 5.78 Å². The Morgan fingerprint density at radius 2 is 1.85 bits per heavy atom. The topological polar surface area (TPSA) is 46.5 Å². The Morgan fingerprint density at radius 1 is 1.00 bits per heavy atom. The van der Waals surface area contributed by atoms with Crippen LogP contribution in [0.2, 0.25) is 0 Å². The fourth-order valence-corrected chi connectivity index (χ4v) is 2.82. The number of phenols is 1. The normalized spacial score (nSPS) is 15.1. The van der Waals surface area contributed by atoms with E-state index < -0.39 is 0 Å². The van der Waals surface area contributed by atoms with Crippen molar-refractivity contribution in [2.45, 2.75) is 12.8 Å². The molecule has 2 aromatic rings. The Morgan fingerprint density at radius 3 is 2.75 bits per heavy atom. The van der Waals surface area contributed by atoms with Gasteiger partial charge in [0.2, 0.25) is 0 Å². The predicted molar refractivity (Wildman–Crippen MR) is 75.2 cm³/mol. The highest BCUT2D eigenvalue weighted by Crippen LogP contribution is 2.44. The molecule has 0 amide bonds. The van der Waals surface area contributed by atoms with E-state index in [9.17, 15) is 9.90 Å². The number of rotatable bonds is 0. The van der Waals surface area contributed by atoms with Crippen molar-refractivity contribution in [2.75, 3.05) is 0 Å². The SMILES string of the molecule is O=C1C=Cc2cc3c(c(O)c2C1)Cc1ccccc1O3. The molecule has 1 N–H and O–H groups in total. The Labute approximate surface area is 116 Å². The van der Waals surface area contributed by atoms with Crippen molar-refractivity contribution in [3.8, 4) is 17.2 Å². The van der Waals surface area contributed by atoms with Crippen LogP contribution in [0.5, 0.6) is 17.2 Å². The maximum atomic E-state index is 11.5. The fourth-order valence-electron chi connectivity index (χ4n) is 2.82. The number of hydrogen-bond donors (Lipinski definition) is 1. The van der Waals surface area contributed by atoms with Gasteiger partial charge in [0.25, 0.3) is 0 Å². The van der Waals surface area contributed by atoms with Crippen LogP contribution < -0.4 is 4.74 Å². The molecule has 2 aliphatic rings. The summed E-state index contributed by atoms with van der Waals surface area (Å²) in [4.78, 5) is 11.5. The summed E-state index contributed by atoms with van der Waals surface area (Å²) >= 11 is 0. The van der Waals surface area contributed by atoms with Crippen LogP contribution in [-0.4, -0.2) is 10.9 Å². The molecular formula is C17H12O3. The third-order valence-electron chi connectivity index (χ3n) is 3.86. The van der Waals surface area contributed by atoms with Gasteiger partial charge < -0.3 is 9.84 Å². The molecule has 0 saturated carbocycles. The highest BCUT2D eigenvalue weighted by Gasteiger charge is 2.25. The number of aromatic hydroxyl groups is 1. The number of ether oxygens (including phenoxy) is 1. The maximum Gasteiger partial charge on any atom is 0.160 e. The van der Waals surface area contributed by atoms with Gasteiger partial charge in [0, 0.05) is 24.0 Å². The molecule has 0 spiro atoms.